The fourth-order valence-electron chi connectivity index (χ4n) is 2.42. The molecule has 1 aromatic rings. The topological polar surface area (TPSA) is 32.7 Å². The van der Waals surface area contributed by atoms with Crippen LogP contribution in [-0.4, -0.2) is 42.4 Å². The van der Waals surface area contributed by atoms with Crippen molar-refractivity contribution in [3.05, 3.63) is 29.8 Å². The zero-order chi connectivity index (χ0) is 13.7. The Balaban J connectivity index is 1.69. The van der Waals surface area contributed by atoms with Crippen LogP contribution in [0.25, 0.3) is 0 Å². The minimum Gasteiger partial charge on any atom is -0.491 e. The van der Waals surface area contributed by atoms with E-state index in [1.165, 1.54) is 18.4 Å². The Morgan fingerprint density at radius 3 is 2.53 bits per heavy atom. The van der Waals surface area contributed by atoms with Gasteiger partial charge in [-0.05, 0) is 50.9 Å². The lowest BCUT2D eigenvalue weighted by Crippen LogP contribution is -2.40. The number of aliphatic hydroxyl groups excluding tert-OH is 1. The molecule has 1 saturated heterocycles. The number of hydrogen-bond donors (Lipinski definition) is 1. The van der Waals surface area contributed by atoms with Crippen molar-refractivity contribution in [2.24, 2.45) is 5.92 Å². The Morgan fingerprint density at radius 2 is 1.89 bits per heavy atom. The standard InChI is InChI=1S/C16H25NO2/c1-13-3-5-16(6-4-13)19-12-15(18)11-17-9-7-14(2)8-10-17/h3-6,14-15,18H,7-12H2,1-2H3/t15-/m1/s1. The number of ether oxygens (including phenoxy) is 1. The largest absolute Gasteiger partial charge is 0.491 e. The Hall–Kier alpha value is -1.06. The number of aliphatic hydroxyl groups is 1. The molecule has 0 saturated carbocycles. The first-order valence-electron chi connectivity index (χ1n) is 7.23. The van der Waals surface area contributed by atoms with Crippen LogP contribution in [0.5, 0.6) is 5.75 Å². The molecule has 0 bridgehead atoms. The molecule has 3 nitrogen and oxygen atoms in total. The third kappa shape index (κ3) is 4.84. The molecule has 0 spiro atoms. The number of β-amino-alcohol motifs (C(OH)–C–C–N with tert-alkyl or cyclic N) is 1. The number of piperidine rings is 1. The third-order valence-corrected chi connectivity index (χ3v) is 3.81. The second-order valence-corrected chi connectivity index (χ2v) is 5.76. The molecule has 0 radical (unpaired) electrons. The van der Waals surface area contributed by atoms with E-state index in [2.05, 4.69) is 18.7 Å². The van der Waals surface area contributed by atoms with E-state index in [1.54, 1.807) is 0 Å². The average Bonchev–Trinajstić information content (AvgIpc) is 2.41. The van der Waals surface area contributed by atoms with Crippen LogP contribution >= 0.6 is 0 Å². The first-order valence-corrected chi connectivity index (χ1v) is 7.23. The molecule has 1 atom stereocenters. The van der Waals surface area contributed by atoms with E-state index in [4.69, 9.17) is 4.74 Å². The zero-order valence-electron chi connectivity index (χ0n) is 12.0. The van der Waals surface area contributed by atoms with Crippen molar-refractivity contribution in [1.82, 2.24) is 4.90 Å². The van der Waals surface area contributed by atoms with E-state index in [-0.39, 0.29) is 0 Å². The van der Waals surface area contributed by atoms with Gasteiger partial charge in [0.15, 0.2) is 0 Å². The van der Waals surface area contributed by atoms with Crippen LogP contribution in [0.3, 0.4) is 0 Å². The number of hydrogen-bond acceptors (Lipinski definition) is 3. The number of nitrogens with zero attached hydrogens (tertiary/aromatic N) is 1. The number of benzene rings is 1. The maximum atomic E-state index is 10.0. The first kappa shape index (κ1) is 14.4. The highest BCUT2D eigenvalue weighted by atomic mass is 16.5. The summed E-state index contributed by atoms with van der Waals surface area (Å²) >= 11 is 0. The highest BCUT2D eigenvalue weighted by Gasteiger charge is 2.18. The van der Waals surface area contributed by atoms with E-state index in [0.29, 0.717) is 6.61 Å². The van der Waals surface area contributed by atoms with Crippen LogP contribution in [-0.2, 0) is 0 Å². The van der Waals surface area contributed by atoms with Crippen molar-refractivity contribution >= 4 is 0 Å². The predicted octanol–water partition coefficient (Wildman–Crippen LogP) is 2.47. The average molecular weight is 263 g/mol. The summed E-state index contributed by atoms with van der Waals surface area (Å²) in [6.45, 7) is 7.64. The molecule has 2 rings (SSSR count). The van der Waals surface area contributed by atoms with Gasteiger partial charge in [-0.1, -0.05) is 24.6 Å². The third-order valence-electron chi connectivity index (χ3n) is 3.81. The van der Waals surface area contributed by atoms with Crippen LogP contribution in [0, 0.1) is 12.8 Å². The maximum Gasteiger partial charge on any atom is 0.119 e. The molecule has 0 unspecified atom stereocenters. The molecule has 1 aromatic carbocycles. The van der Waals surface area contributed by atoms with E-state index in [1.807, 2.05) is 24.3 Å². The Kier molecular flexibility index (Phi) is 5.23. The van der Waals surface area contributed by atoms with Gasteiger partial charge in [-0.25, -0.2) is 0 Å². The lowest BCUT2D eigenvalue weighted by Gasteiger charge is -2.31. The van der Waals surface area contributed by atoms with Gasteiger partial charge >= 0.3 is 0 Å². The summed E-state index contributed by atoms with van der Waals surface area (Å²) < 4.78 is 5.61. The molecule has 106 valence electrons. The molecule has 1 heterocycles. The molecule has 0 aromatic heterocycles. The summed E-state index contributed by atoms with van der Waals surface area (Å²) in [6.07, 6.45) is 2.08. The van der Waals surface area contributed by atoms with Crippen molar-refractivity contribution in [2.45, 2.75) is 32.8 Å². The van der Waals surface area contributed by atoms with E-state index in [0.717, 1.165) is 31.3 Å². The van der Waals surface area contributed by atoms with Gasteiger partial charge in [-0.2, -0.15) is 0 Å². The van der Waals surface area contributed by atoms with Gasteiger partial charge in [0.2, 0.25) is 0 Å². The van der Waals surface area contributed by atoms with Crippen LogP contribution in [0.2, 0.25) is 0 Å². The molecule has 3 heteroatoms. The summed E-state index contributed by atoms with van der Waals surface area (Å²) in [6, 6.07) is 7.94. The summed E-state index contributed by atoms with van der Waals surface area (Å²) in [5.74, 6) is 1.66. The van der Waals surface area contributed by atoms with Crippen LogP contribution in [0.15, 0.2) is 24.3 Å². The molecular weight excluding hydrogens is 238 g/mol. The number of rotatable bonds is 5. The quantitative estimate of drug-likeness (QED) is 0.886. The molecule has 1 aliphatic rings. The number of likely N-dealkylation sites (tertiary alicyclic amines) is 1. The second kappa shape index (κ2) is 6.92. The molecule has 0 amide bonds. The van der Waals surface area contributed by atoms with Crippen molar-refractivity contribution < 1.29 is 9.84 Å². The monoisotopic (exact) mass is 263 g/mol. The SMILES string of the molecule is Cc1ccc(OC[C@H](O)CN2CCC(C)CC2)cc1. The van der Waals surface area contributed by atoms with Gasteiger partial charge in [0.05, 0.1) is 0 Å². The fourth-order valence-corrected chi connectivity index (χ4v) is 2.42. The van der Waals surface area contributed by atoms with Gasteiger partial charge in [-0.15, -0.1) is 0 Å². The van der Waals surface area contributed by atoms with Crippen LogP contribution < -0.4 is 4.74 Å². The highest BCUT2D eigenvalue weighted by Crippen LogP contribution is 2.16. The minimum atomic E-state index is -0.408. The van der Waals surface area contributed by atoms with Crippen molar-refractivity contribution in [3.63, 3.8) is 0 Å². The van der Waals surface area contributed by atoms with Crippen LogP contribution in [0.4, 0.5) is 0 Å². The maximum absolute atomic E-state index is 10.0. The minimum absolute atomic E-state index is 0.370. The molecule has 1 fully saturated rings. The van der Waals surface area contributed by atoms with Crippen molar-refractivity contribution in [1.29, 1.82) is 0 Å². The molecule has 1 N–H and O–H groups in total. The van der Waals surface area contributed by atoms with E-state index >= 15 is 0 Å². The molecular formula is C16H25NO2. The zero-order valence-corrected chi connectivity index (χ0v) is 12.0. The van der Waals surface area contributed by atoms with Crippen LogP contribution in [0.1, 0.15) is 25.3 Å². The molecule has 0 aliphatic carbocycles. The summed E-state index contributed by atoms with van der Waals surface area (Å²) in [7, 11) is 0. The van der Waals surface area contributed by atoms with E-state index in [9.17, 15) is 5.11 Å². The Labute approximate surface area is 116 Å². The fraction of sp³-hybridized carbons (Fsp3) is 0.625. The highest BCUT2D eigenvalue weighted by molar-refractivity contribution is 5.26. The smallest absolute Gasteiger partial charge is 0.119 e. The van der Waals surface area contributed by atoms with Gasteiger partial charge < -0.3 is 14.7 Å². The Morgan fingerprint density at radius 1 is 1.26 bits per heavy atom. The first-order chi connectivity index (χ1) is 9.13. The summed E-state index contributed by atoms with van der Waals surface area (Å²) in [4.78, 5) is 2.34. The summed E-state index contributed by atoms with van der Waals surface area (Å²) in [5.41, 5.74) is 1.22. The van der Waals surface area contributed by atoms with Crippen molar-refractivity contribution in [2.75, 3.05) is 26.2 Å². The summed E-state index contributed by atoms with van der Waals surface area (Å²) in [5, 5.41) is 10.0. The lowest BCUT2D eigenvalue weighted by atomic mass is 9.99. The molecule has 19 heavy (non-hydrogen) atoms. The number of aryl methyl sites for hydroxylation is 1. The second-order valence-electron chi connectivity index (χ2n) is 5.76. The normalized spacial score (nSPS) is 19.3. The Bertz CT molecular complexity index is 369. The van der Waals surface area contributed by atoms with Gasteiger partial charge in [0.25, 0.3) is 0 Å². The van der Waals surface area contributed by atoms with E-state index < -0.39 is 6.10 Å². The van der Waals surface area contributed by atoms with Gasteiger partial charge in [0, 0.05) is 6.54 Å². The lowest BCUT2D eigenvalue weighted by molar-refractivity contribution is 0.0563. The van der Waals surface area contributed by atoms with Gasteiger partial charge in [-0.3, -0.25) is 0 Å². The molecule has 1 aliphatic heterocycles. The van der Waals surface area contributed by atoms with Crippen molar-refractivity contribution in [3.8, 4) is 5.75 Å². The predicted molar refractivity (Wildman–Crippen MR) is 77.5 cm³/mol. The van der Waals surface area contributed by atoms with Gasteiger partial charge in [0.1, 0.15) is 18.5 Å².